The van der Waals surface area contributed by atoms with Crippen LogP contribution in [0.25, 0.3) is 0 Å². The van der Waals surface area contributed by atoms with Gasteiger partial charge in [-0.3, -0.25) is 0 Å². The van der Waals surface area contributed by atoms with Crippen LogP contribution in [0.15, 0.2) is 30.3 Å². The van der Waals surface area contributed by atoms with Gasteiger partial charge in [0.05, 0.1) is 10.9 Å². The lowest BCUT2D eigenvalue weighted by molar-refractivity contribution is 0.215. The molecule has 0 spiro atoms. The Labute approximate surface area is 116 Å². The number of ether oxygens (including phenoxy) is 1. The quantitative estimate of drug-likeness (QED) is 0.911. The van der Waals surface area contributed by atoms with Crippen LogP contribution >= 0.6 is 22.9 Å². The monoisotopic (exact) mass is 282 g/mol. The van der Waals surface area contributed by atoms with Crippen LogP contribution in [0.5, 0.6) is 5.75 Å². The Kier molecular flexibility index (Phi) is 4.27. The summed E-state index contributed by atoms with van der Waals surface area (Å²) in [7, 11) is 0. The van der Waals surface area contributed by atoms with Crippen LogP contribution in [0.4, 0.5) is 0 Å². The van der Waals surface area contributed by atoms with Gasteiger partial charge in [-0.1, -0.05) is 23.2 Å². The number of aliphatic hydroxyl groups excluding tert-OH is 1. The molecular weight excluding hydrogens is 268 g/mol. The first-order valence-corrected chi connectivity index (χ1v) is 6.98. The minimum absolute atomic E-state index is 0.577. The molecule has 2 rings (SSSR count). The maximum atomic E-state index is 10.4. The molecule has 0 saturated heterocycles. The number of rotatable bonds is 4. The normalized spacial score (nSPS) is 12.4. The van der Waals surface area contributed by atoms with Gasteiger partial charge >= 0.3 is 0 Å². The molecule has 1 N–H and O–H groups in total. The van der Waals surface area contributed by atoms with Crippen molar-refractivity contribution in [1.82, 2.24) is 0 Å². The highest BCUT2D eigenvalue weighted by Gasteiger charge is 2.17. The molecule has 0 radical (unpaired) electrons. The standard InChI is InChI=1S/C14H15ClO2S/c1-3-17-11-5-4-9(2)8-10(11)14(16)12-6-7-13(15)18-12/h4-8,14,16H,3H2,1-2H3. The summed E-state index contributed by atoms with van der Waals surface area (Å²) in [6.07, 6.45) is -0.691. The van der Waals surface area contributed by atoms with Gasteiger partial charge in [0.25, 0.3) is 0 Å². The van der Waals surface area contributed by atoms with Crippen molar-refractivity contribution in [2.24, 2.45) is 0 Å². The molecule has 0 bridgehead atoms. The van der Waals surface area contributed by atoms with Gasteiger partial charge in [-0.05, 0) is 38.1 Å². The molecule has 0 aliphatic rings. The summed E-state index contributed by atoms with van der Waals surface area (Å²) in [5.74, 6) is 0.722. The highest BCUT2D eigenvalue weighted by atomic mass is 35.5. The molecule has 1 unspecified atom stereocenters. The fraction of sp³-hybridized carbons (Fsp3) is 0.286. The van der Waals surface area contributed by atoms with E-state index in [0.717, 1.165) is 21.8 Å². The van der Waals surface area contributed by atoms with Gasteiger partial charge in [0.1, 0.15) is 11.9 Å². The second kappa shape index (κ2) is 5.74. The number of hydrogen-bond donors (Lipinski definition) is 1. The second-order valence-electron chi connectivity index (χ2n) is 4.02. The molecular formula is C14H15ClO2S. The Bertz CT molecular complexity index is 536. The van der Waals surface area contributed by atoms with E-state index in [4.69, 9.17) is 16.3 Å². The van der Waals surface area contributed by atoms with Gasteiger partial charge in [-0.2, -0.15) is 0 Å². The van der Waals surface area contributed by atoms with Gasteiger partial charge in [0.2, 0.25) is 0 Å². The lowest BCUT2D eigenvalue weighted by atomic mass is 10.0. The zero-order valence-electron chi connectivity index (χ0n) is 10.3. The van der Waals surface area contributed by atoms with Crippen LogP contribution in [0, 0.1) is 6.92 Å². The smallest absolute Gasteiger partial charge is 0.125 e. The number of aryl methyl sites for hydroxylation is 1. The van der Waals surface area contributed by atoms with Crippen LogP contribution in [0.3, 0.4) is 0 Å². The van der Waals surface area contributed by atoms with Crippen LogP contribution in [-0.4, -0.2) is 11.7 Å². The Morgan fingerprint density at radius 1 is 1.33 bits per heavy atom. The summed E-state index contributed by atoms with van der Waals surface area (Å²) in [6, 6.07) is 9.45. The number of thiophene rings is 1. The summed E-state index contributed by atoms with van der Waals surface area (Å²) in [6.45, 7) is 4.50. The third-order valence-electron chi connectivity index (χ3n) is 2.62. The molecule has 0 amide bonds. The predicted octanol–water partition coefficient (Wildman–Crippen LogP) is 4.19. The Morgan fingerprint density at radius 2 is 2.11 bits per heavy atom. The largest absolute Gasteiger partial charge is 0.493 e. The van der Waals surface area contributed by atoms with E-state index in [0.29, 0.717) is 10.9 Å². The van der Waals surface area contributed by atoms with Crippen LogP contribution in [0.1, 0.15) is 29.0 Å². The first-order valence-electron chi connectivity index (χ1n) is 5.78. The minimum atomic E-state index is -0.691. The van der Waals surface area contributed by atoms with Crippen molar-refractivity contribution in [2.75, 3.05) is 6.61 Å². The Balaban J connectivity index is 2.39. The molecule has 0 aliphatic carbocycles. The maximum absolute atomic E-state index is 10.4. The van der Waals surface area contributed by atoms with E-state index >= 15 is 0 Å². The van der Waals surface area contributed by atoms with E-state index in [1.54, 1.807) is 6.07 Å². The molecule has 1 aromatic heterocycles. The van der Waals surface area contributed by atoms with E-state index in [1.807, 2.05) is 38.1 Å². The van der Waals surface area contributed by atoms with E-state index in [9.17, 15) is 5.11 Å². The highest BCUT2D eigenvalue weighted by molar-refractivity contribution is 7.16. The van der Waals surface area contributed by atoms with Gasteiger partial charge in [-0.15, -0.1) is 11.3 Å². The maximum Gasteiger partial charge on any atom is 0.125 e. The molecule has 1 aromatic carbocycles. The average molecular weight is 283 g/mol. The summed E-state index contributed by atoms with van der Waals surface area (Å²) >= 11 is 7.28. The Morgan fingerprint density at radius 3 is 2.72 bits per heavy atom. The van der Waals surface area contributed by atoms with Crippen molar-refractivity contribution in [3.05, 3.63) is 50.7 Å². The summed E-state index contributed by atoms with van der Waals surface area (Å²) in [4.78, 5) is 0.826. The molecule has 1 heterocycles. The zero-order chi connectivity index (χ0) is 13.1. The minimum Gasteiger partial charge on any atom is -0.493 e. The molecule has 0 aliphatic heterocycles. The van der Waals surface area contributed by atoms with E-state index in [1.165, 1.54) is 11.3 Å². The number of halogens is 1. The average Bonchev–Trinajstić information content (AvgIpc) is 2.77. The molecule has 2 nitrogen and oxygen atoms in total. The fourth-order valence-corrected chi connectivity index (χ4v) is 2.86. The van der Waals surface area contributed by atoms with Gasteiger partial charge < -0.3 is 9.84 Å². The van der Waals surface area contributed by atoms with Gasteiger partial charge in [0, 0.05) is 10.4 Å². The van der Waals surface area contributed by atoms with E-state index in [-0.39, 0.29) is 0 Å². The van der Waals surface area contributed by atoms with E-state index < -0.39 is 6.10 Å². The molecule has 0 fully saturated rings. The van der Waals surface area contributed by atoms with Crippen LogP contribution < -0.4 is 4.74 Å². The first kappa shape index (κ1) is 13.4. The predicted molar refractivity (Wildman–Crippen MR) is 75.7 cm³/mol. The number of benzene rings is 1. The molecule has 2 aromatic rings. The fourth-order valence-electron chi connectivity index (χ4n) is 1.80. The number of aliphatic hydroxyl groups is 1. The lowest BCUT2D eigenvalue weighted by Crippen LogP contribution is -2.03. The van der Waals surface area contributed by atoms with Crippen LogP contribution in [0.2, 0.25) is 4.34 Å². The van der Waals surface area contributed by atoms with Crippen molar-refractivity contribution in [2.45, 2.75) is 20.0 Å². The third kappa shape index (κ3) is 2.86. The molecule has 0 saturated carbocycles. The second-order valence-corrected chi connectivity index (χ2v) is 5.77. The van der Waals surface area contributed by atoms with Crippen molar-refractivity contribution in [3.8, 4) is 5.75 Å². The molecule has 1 atom stereocenters. The van der Waals surface area contributed by atoms with Crippen molar-refractivity contribution in [1.29, 1.82) is 0 Å². The van der Waals surface area contributed by atoms with Crippen molar-refractivity contribution < 1.29 is 9.84 Å². The SMILES string of the molecule is CCOc1ccc(C)cc1C(O)c1ccc(Cl)s1. The van der Waals surface area contributed by atoms with Gasteiger partial charge in [-0.25, -0.2) is 0 Å². The highest BCUT2D eigenvalue weighted by Crippen LogP contribution is 2.35. The van der Waals surface area contributed by atoms with Crippen molar-refractivity contribution >= 4 is 22.9 Å². The summed E-state index contributed by atoms with van der Waals surface area (Å²) < 4.78 is 6.23. The molecule has 4 heteroatoms. The summed E-state index contributed by atoms with van der Waals surface area (Å²) in [5.41, 5.74) is 1.88. The first-order chi connectivity index (χ1) is 8.61. The van der Waals surface area contributed by atoms with Gasteiger partial charge in [0.15, 0.2) is 0 Å². The number of hydrogen-bond acceptors (Lipinski definition) is 3. The lowest BCUT2D eigenvalue weighted by Gasteiger charge is -2.15. The molecule has 18 heavy (non-hydrogen) atoms. The van der Waals surface area contributed by atoms with Crippen molar-refractivity contribution in [3.63, 3.8) is 0 Å². The van der Waals surface area contributed by atoms with Crippen LogP contribution in [-0.2, 0) is 0 Å². The molecule has 96 valence electrons. The zero-order valence-corrected chi connectivity index (χ0v) is 11.9. The van der Waals surface area contributed by atoms with E-state index in [2.05, 4.69) is 0 Å². The topological polar surface area (TPSA) is 29.5 Å². The third-order valence-corrected chi connectivity index (χ3v) is 3.91. The Hall–Kier alpha value is -1.03. The summed E-state index contributed by atoms with van der Waals surface area (Å²) in [5, 5.41) is 10.4.